The van der Waals surface area contributed by atoms with Crippen molar-refractivity contribution >= 4 is 93.1 Å². The molecule has 0 aliphatic carbocycles. The summed E-state index contributed by atoms with van der Waals surface area (Å²) in [6, 6.07) is 74.2. The quantitative estimate of drug-likeness (QED) is 0.166. The Labute approximate surface area is 356 Å². The zero-order valence-corrected chi connectivity index (χ0v) is 33.3. The number of hydrogen-bond donors (Lipinski definition) is 0. The number of rotatable bonds is 4. The molecule has 0 fully saturated rings. The van der Waals surface area contributed by atoms with Crippen molar-refractivity contribution in [3.05, 3.63) is 206 Å². The van der Waals surface area contributed by atoms with E-state index in [1.165, 1.54) is 65.1 Å². The molecular formula is C58H34N2O2. The van der Waals surface area contributed by atoms with Crippen LogP contribution >= 0.6 is 0 Å². The first-order valence-corrected chi connectivity index (χ1v) is 21.2. The highest BCUT2D eigenvalue weighted by Crippen LogP contribution is 2.52. The summed E-state index contributed by atoms with van der Waals surface area (Å²) >= 11 is 0. The van der Waals surface area contributed by atoms with Gasteiger partial charge in [-0.1, -0.05) is 133 Å². The van der Waals surface area contributed by atoms with Crippen LogP contribution in [0.2, 0.25) is 0 Å². The summed E-state index contributed by atoms with van der Waals surface area (Å²) in [6.07, 6.45) is 0. The van der Waals surface area contributed by atoms with E-state index in [0.29, 0.717) is 0 Å². The van der Waals surface area contributed by atoms with E-state index in [9.17, 15) is 0 Å². The Morgan fingerprint density at radius 2 is 1.03 bits per heavy atom. The van der Waals surface area contributed by atoms with Gasteiger partial charge in [0.1, 0.15) is 11.2 Å². The van der Waals surface area contributed by atoms with E-state index in [4.69, 9.17) is 9.15 Å². The molecule has 4 nitrogen and oxygen atoms in total. The van der Waals surface area contributed by atoms with Crippen LogP contribution in [0.5, 0.6) is 11.5 Å². The summed E-state index contributed by atoms with van der Waals surface area (Å²) in [5, 5.41) is 12.2. The third kappa shape index (κ3) is 4.72. The Kier molecular flexibility index (Phi) is 6.80. The number of aromatic nitrogens is 1. The first-order valence-electron chi connectivity index (χ1n) is 21.2. The predicted molar refractivity (Wildman–Crippen MR) is 257 cm³/mol. The largest absolute Gasteiger partial charge is 0.456 e. The second-order valence-corrected chi connectivity index (χ2v) is 16.4. The van der Waals surface area contributed by atoms with E-state index in [2.05, 4.69) is 204 Å². The first kappa shape index (κ1) is 33.5. The lowest BCUT2D eigenvalue weighted by Crippen LogP contribution is -2.15. The van der Waals surface area contributed by atoms with Gasteiger partial charge in [0.05, 0.1) is 28.1 Å². The van der Waals surface area contributed by atoms with Gasteiger partial charge in [-0.05, 0) is 122 Å². The first-order chi connectivity index (χ1) is 30.7. The number of benzene rings is 11. The molecule has 0 unspecified atom stereocenters. The number of hydrogen-bond acceptors (Lipinski definition) is 3. The van der Waals surface area contributed by atoms with E-state index in [1.807, 2.05) is 12.1 Å². The minimum absolute atomic E-state index is 0.820. The van der Waals surface area contributed by atoms with Crippen LogP contribution in [0.1, 0.15) is 0 Å². The van der Waals surface area contributed by atoms with Gasteiger partial charge in [-0.2, -0.15) is 0 Å². The fourth-order valence-electron chi connectivity index (χ4n) is 10.4. The second-order valence-electron chi connectivity index (χ2n) is 16.4. The van der Waals surface area contributed by atoms with E-state index in [-0.39, 0.29) is 0 Å². The molecule has 1 aliphatic heterocycles. The smallest absolute Gasteiger partial charge is 0.152 e. The molecule has 13 aromatic rings. The van der Waals surface area contributed by atoms with Crippen molar-refractivity contribution in [2.24, 2.45) is 0 Å². The molecule has 0 atom stereocenters. The molecule has 14 rings (SSSR count). The summed E-state index contributed by atoms with van der Waals surface area (Å²) in [7, 11) is 0. The highest BCUT2D eigenvalue weighted by molar-refractivity contribution is 6.33. The molecule has 0 spiro atoms. The standard InChI is InChI=1S/C58H34N2O2/c1-2-12-35(13-3-1)37-15-10-16-41(30-37)59-49-21-7-9-23-53(49)62-54-33-39(26-29-50(54)59)38-25-28-48-46(31-38)42-17-4-6-20-47(42)60(48)51-32-40-34-55-58(44-18-5-8-22-52(44)61-55)45-27-24-36-14-11-19-43(51)56(36)57(40)45/h1-34H. The van der Waals surface area contributed by atoms with Crippen LogP contribution in [0.15, 0.2) is 211 Å². The molecule has 3 heterocycles. The monoisotopic (exact) mass is 790 g/mol. The van der Waals surface area contributed by atoms with Gasteiger partial charge in [-0.15, -0.1) is 0 Å². The van der Waals surface area contributed by atoms with Gasteiger partial charge in [0.15, 0.2) is 11.5 Å². The Balaban J connectivity index is 0.940. The Hall–Kier alpha value is -8.34. The van der Waals surface area contributed by atoms with Gasteiger partial charge in [-0.25, -0.2) is 0 Å². The van der Waals surface area contributed by atoms with Crippen molar-refractivity contribution in [1.29, 1.82) is 0 Å². The third-order valence-electron chi connectivity index (χ3n) is 13.1. The SMILES string of the molecule is c1ccc(-c2cccc(N3c4ccccc4Oc4cc(-c5ccc6c(c5)c5ccccc5n6-c5cc6cc7oc8ccccc8c7c7ccc8cccc5c8c67)ccc43)c2)cc1. The number of nitrogens with zero attached hydrogens (tertiary/aromatic N) is 2. The Morgan fingerprint density at radius 3 is 1.98 bits per heavy atom. The van der Waals surface area contributed by atoms with Gasteiger partial charge in [0.2, 0.25) is 0 Å². The van der Waals surface area contributed by atoms with Crippen LogP contribution in [0.25, 0.3) is 104 Å². The third-order valence-corrected chi connectivity index (χ3v) is 13.1. The van der Waals surface area contributed by atoms with Gasteiger partial charge in [0.25, 0.3) is 0 Å². The second kappa shape index (κ2) is 12.6. The van der Waals surface area contributed by atoms with Gasteiger partial charge < -0.3 is 18.6 Å². The number of ether oxygens (including phenoxy) is 1. The minimum atomic E-state index is 0.820. The average molecular weight is 791 g/mol. The van der Waals surface area contributed by atoms with E-state index < -0.39 is 0 Å². The molecule has 288 valence electrons. The molecule has 0 bridgehead atoms. The fraction of sp³-hybridized carbons (Fsp3) is 0. The number of fused-ring (bicyclic) bond motifs is 9. The topological polar surface area (TPSA) is 30.5 Å². The number of anilines is 3. The summed E-state index contributed by atoms with van der Waals surface area (Å²) < 4.78 is 15.7. The minimum Gasteiger partial charge on any atom is -0.456 e. The van der Waals surface area contributed by atoms with Crippen LogP contribution in [0.3, 0.4) is 0 Å². The van der Waals surface area contributed by atoms with Crippen LogP contribution in [0.4, 0.5) is 17.1 Å². The molecule has 0 saturated heterocycles. The number of para-hydroxylation sites is 4. The summed E-state index contributed by atoms with van der Waals surface area (Å²) in [5.41, 5.74) is 13.0. The van der Waals surface area contributed by atoms with Crippen LogP contribution < -0.4 is 9.64 Å². The average Bonchev–Trinajstić information content (AvgIpc) is 3.87. The molecule has 4 heteroatoms. The van der Waals surface area contributed by atoms with Crippen LogP contribution in [-0.4, -0.2) is 4.57 Å². The highest BCUT2D eigenvalue weighted by Gasteiger charge is 2.27. The number of furan rings is 1. The zero-order chi connectivity index (χ0) is 40.5. The van der Waals surface area contributed by atoms with E-state index >= 15 is 0 Å². The molecule has 62 heavy (non-hydrogen) atoms. The summed E-state index contributed by atoms with van der Waals surface area (Å²) in [4.78, 5) is 2.32. The van der Waals surface area contributed by atoms with E-state index in [0.717, 1.165) is 67.4 Å². The van der Waals surface area contributed by atoms with Crippen molar-refractivity contribution in [2.45, 2.75) is 0 Å². The lowest BCUT2D eigenvalue weighted by Gasteiger charge is -2.33. The van der Waals surface area contributed by atoms with E-state index in [1.54, 1.807) is 0 Å². The zero-order valence-electron chi connectivity index (χ0n) is 33.3. The van der Waals surface area contributed by atoms with Crippen LogP contribution in [0, 0.1) is 0 Å². The highest BCUT2D eigenvalue weighted by atomic mass is 16.5. The molecule has 0 saturated carbocycles. The van der Waals surface area contributed by atoms with Gasteiger partial charge >= 0.3 is 0 Å². The normalized spacial score (nSPS) is 12.6. The maximum Gasteiger partial charge on any atom is 0.152 e. The van der Waals surface area contributed by atoms with Crippen molar-refractivity contribution in [3.63, 3.8) is 0 Å². The molecule has 0 amide bonds. The predicted octanol–water partition coefficient (Wildman–Crippen LogP) is 16.5. The maximum absolute atomic E-state index is 6.71. The van der Waals surface area contributed by atoms with Gasteiger partial charge in [-0.3, -0.25) is 0 Å². The Bertz CT molecular complexity index is 3970. The maximum atomic E-state index is 6.71. The summed E-state index contributed by atoms with van der Waals surface area (Å²) in [5.74, 6) is 1.65. The molecule has 1 aliphatic rings. The molecule has 11 aromatic carbocycles. The van der Waals surface area contributed by atoms with Gasteiger partial charge in [0, 0.05) is 32.6 Å². The molecule has 0 radical (unpaired) electrons. The van der Waals surface area contributed by atoms with Crippen molar-refractivity contribution in [1.82, 2.24) is 4.57 Å². The lowest BCUT2D eigenvalue weighted by atomic mass is 9.91. The van der Waals surface area contributed by atoms with Crippen molar-refractivity contribution < 1.29 is 9.15 Å². The van der Waals surface area contributed by atoms with Crippen molar-refractivity contribution in [2.75, 3.05) is 4.90 Å². The lowest BCUT2D eigenvalue weighted by molar-refractivity contribution is 0.477. The fourth-order valence-corrected chi connectivity index (χ4v) is 10.4. The molecule has 2 aromatic heterocycles. The van der Waals surface area contributed by atoms with Crippen molar-refractivity contribution in [3.8, 4) is 39.4 Å². The summed E-state index contributed by atoms with van der Waals surface area (Å²) in [6.45, 7) is 0. The van der Waals surface area contributed by atoms with Crippen LogP contribution in [-0.2, 0) is 0 Å². The Morgan fingerprint density at radius 1 is 0.323 bits per heavy atom. The molecular weight excluding hydrogens is 757 g/mol. The molecule has 0 N–H and O–H groups in total.